The fourth-order valence-corrected chi connectivity index (χ4v) is 7.23. The van der Waals surface area contributed by atoms with Gasteiger partial charge in [-0.05, 0) is 63.8 Å². The molecular formula is C33H41Cl2FN3O2Ru-. The second-order valence-corrected chi connectivity index (χ2v) is 16.7. The maximum Gasteiger partial charge on any atom is 0.0146 e. The molecule has 1 saturated heterocycles. The van der Waals surface area contributed by atoms with Crippen molar-refractivity contribution in [3.63, 3.8) is 0 Å². The van der Waals surface area contributed by atoms with Gasteiger partial charge in [-0.1, -0.05) is 35.4 Å². The van der Waals surface area contributed by atoms with Crippen LogP contribution in [0.3, 0.4) is 0 Å². The Morgan fingerprint density at radius 1 is 0.929 bits per heavy atom. The molecule has 0 spiro atoms. The van der Waals surface area contributed by atoms with Crippen molar-refractivity contribution in [1.29, 1.82) is 0 Å². The van der Waals surface area contributed by atoms with E-state index >= 15 is 0 Å². The van der Waals surface area contributed by atoms with Crippen LogP contribution in [0.2, 0.25) is 0 Å². The molecular weight excluding hydrogens is 661 g/mol. The Labute approximate surface area is 263 Å². The molecule has 3 aromatic carbocycles. The van der Waals surface area contributed by atoms with E-state index in [2.05, 4.69) is 87.6 Å². The Bertz CT molecular complexity index is 1350. The summed E-state index contributed by atoms with van der Waals surface area (Å²) in [6.07, 6.45) is -0.170. The molecule has 42 heavy (non-hydrogen) atoms. The van der Waals surface area contributed by atoms with E-state index in [4.69, 9.17) is 24.1 Å². The van der Waals surface area contributed by atoms with Gasteiger partial charge in [0, 0.05) is 24.5 Å². The number of carbonyl (C=O) groups is 1. The van der Waals surface area contributed by atoms with Gasteiger partial charge in [-0.2, -0.15) is 6.67 Å². The Balaban J connectivity index is 0.000000236. The number of carbonyl (C=O) groups excluding carboxylic acids is 1. The van der Waals surface area contributed by atoms with Gasteiger partial charge in [0.05, 0.1) is 0 Å². The fourth-order valence-electron chi connectivity index (χ4n) is 5.42. The molecule has 0 radical (unpaired) electrons. The zero-order valence-electron chi connectivity index (χ0n) is 25.6. The molecule has 5 nitrogen and oxygen atoms in total. The van der Waals surface area contributed by atoms with Gasteiger partial charge in [0.1, 0.15) is 0 Å². The van der Waals surface area contributed by atoms with Crippen molar-refractivity contribution in [2.75, 3.05) is 34.8 Å². The number of anilines is 3. The Morgan fingerprint density at radius 3 is 1.83 bits per heavy atom. The monoisotopic (exact) mass is 702 g/mol. The molecule has 9 heteroatoms. The third-order valence-corrected chi connectivity index (χ3v) is 8.53. The third-order valence-electron chi connectivity index (χ3n) is 6.70. The van der Waals surface area contributed by atoms with Gasteiger partial charge in [0.25, 0.3) is 0 Å². The topological polar surface area (TPSA) is 44.8 Å². The van der Waals surface area contributed by atoms with Crippen molar-refractivity contribution in [2.24, 2.45) is 0 Å². The van der Waals surface area contributed by atoms with Gasteiger partial charge in [-0.25, -0.2) is 0 Å². The van der Waals surface area contributed by atoms with Gasteiger partial charge < -0.3 is 9.80 Å². The average molecular weight is 703 g/mol. The smallest absolute Gasteiger partial charge is 0.0146 e. The minimum absolute atomic E-state index is 0.00193. The number of hydrogen-bond acceptors (Lipinski definition) is 5. The number of hydrogen-bond donors (Lipinski definition) is 1. The molecule has 4 rings (SSSR count). The molecule has 1 aliphatic heterocycles. The first-order valence-electron chi connectivity index (χ1n) is 13.8. The maximum atomic E-state index is 13.2. The van der Waals surface area contributed by atoms with E-state index in [-0.39, 0.29) is 24.4 Å². The molecule has 230 valence electrons. The van der Waals surface area contributed by atoms with Crippen LogP contribution in [0.4, 0.5) is 21.5 Å². The number of esters is 1. The predicted molar refractivity (Wildman–Crippen MR) is 173 cm³/mol. The molecule has 3 aromatic rings. The van der Waals surface area contributed by atoms with Crippen molar-refractivity contribution in [2.45, 2.75) is 61.5 Å². The quantitative estimate of drug-likeness (QED) is 0.153. The van der Waals surface area contributed by atoms with Crippen LogP contribution in [0.1, 0.15) is 52.8 Å². The normalized spacial score (nSPS) is 13.1. The fraction of sp³-hybridized carbons (Fsp3) is 0.364. The molecule has 0 saturated carbocycles. The summed E-state index contributed by atoms with van der Waals surface area (Å²) in [5, 5.41) is 2.88. The number of halogens is 3. The second-order valence-electron chi connectivity index (χ2n) is 10.9. The summed E-state index contributed by atoms with van der Waals surface area (Å²) in [5.74, 6) is -0.762. The van der Waals surface area contributed by atoms with Gasteiger partial charge in [0.2, 0.25) is 0 Å². The van der Waals surface area contributed by atoms with Crippen molar-refractivity contribution in [3.8, 4) is 0 Å². The summed E-state index contributed by atoms with van der Waals surface area (Å²) in [4.78, 5) is 16.2. The number of ether oxygens (including phenoxy) is 1. The minimum atomic E-state index is -2.06. The summed E-state index contributed by atoms with van der Waals surface area (Å²) in [6, 6.07) is 13.3. The largest absolute Gasteiger partial charge is 0.502 e. The van der Waals surface area contributed by atoms with E-state index in [9.17, 15) is 9.18 Å². The molecule has 0 bridgehead atoms. The van der Waals surface area contributed by atoms with Crippen LogP contribution in [0.25, 0.3) is 0 Å². The zero-order valence-corrected chi connectivity index (χ0v) is 28.8. The van der Waals surface area contributed by atoms with Crippen LogP contribution >= 0.6 is 19.4 Å². The Morgan fingerprint density at radius 2 is 1.40 bits per heavy atom. The van der Waals surface area contributed by atoms with Crippen LogP contribution in [-0.4, -0.2) is 36.3 Å². The maximum absolute atomic E-state index is 13.2. The third kappa shape index (κ3) is 9.52. The van der Waals surface area contributed by atoms with Crippen LogP contribution in [0, 0.1) is 54.0 Å². The summed E-state index contributed by atoms with van der Waals surface area (Å²) < 4.78 is 19.8. The van der Waals surface area contributed by atoms with Crippen molar-refractivity contribution >= 4 is 47.0 Å². The number of nitrogens with one attached hydrogen (secondary N) is 1. The number of aryl methyl sites for hydroxylation is 6. The van der Waals surface area contributed by atoms with E-state index in [1.165, 1.54) is 63.0 Å². The summed E-state index contributed by atoms with van der Waals surface area (Å²) >= 11 is -2.06. The van der Waals surface area contributed by atoms with Gasteiger partial charge in [0.15, 0.2) is 0 Å². The Kier molecular flexibility index (Phi) is 12.4. The molecule has 1 aliphatic rings. The van der Waals surface area contributed by atoms with E-state index in [0.29, 0.717) is 11.3 Å². The molecule has 0 unspecified atom stereocenters. The number of benzene rings is 3. The van der Waals surface area contributed by atoms with Gasteiger partial charge in [-0.15, -0.1) is 0 Å². The summed E-state index contributed by atoms with van der Waals surface area (Å²) in [7, 11) is 11.6. The van der Waals surface area contributed by atoms with Gasteiger partial charge >= 0.3 is 124 Å². The number of nitrogens with zero attached hydrogens (tertiary/aromatic N) is 2. The summed E-state index contributed by atoms with van der Waals surface area (Å²) in [5.41, 5.74) is 12.0. The van der Waals surface area contributed by atoms with Crippen LogP contribution in [-0.2, 0) is 23.0 Å². The van der Waals surface area contributed by atoms with Gasteiger partial charge in [-0.3, -0.25) is 0 Å². The molecule has 1 N–H and O–H groups in total. The summed E-state index contributed by atoms with van der Waals surface area (Å²) in [6.45, 7) is 21.1. The van der Waals surface area contributed by atoms with E-state index in [0.717, 1.165) is 13.1 Å². The second kappa shape index (κ2) is 15.3. The zero-order chi connectivity index (χ0) is 31.1. The predicted octanol–water partition coefficient (Wildman–Crippen LogP) is 8.25. The van der Waals surface area contributed by atoms with Crippen molar-refractivity contribution in [1.82, 2.24) is 0 Å². The Hall–Kier alpha value is -2.47. The number of rotatable bonds is 7. The molecule has 1 fully saturated rings. The molecule has 0 atom stereocenters. The van der Waals surface area contributed by atoms with Crippen LogP contribution < -0.4 is 15.1 Å². The molecule has 0 amide bonds. The molecule has 1 heterocycles. The first kappa shape index (κ1) is 34.0. The van der Waals surface area contributed by atoms with E-state index < -0.39 is 13.5 Å². The van der Waals surface area contributed by atoms with Crippen molar-refractivity contribution < 1.29 is 27.4 Å². The SMILES string of the molecule is CC(C)OC(=O)CNc1ccc(F)cc1[CH]=[Ru]([Cl])[Cl].Cc1cc(C)c(N2[CH-]N(c3c(C)cc(C)cc3C)CC2)c(C)c1. The van der Waals surface area contributed by atoms with Crippen molar-refractivity contribution in [3.05, 3.63) is 93.9 Å². The molecule has 0 aliphatic carbocycles. The first-order chi connectivity index (χ1) is 19.7. The van der Waals surface area contributed by atoms with Crippen LogP contribution in [0.5, 0.6) is 0 Å². The minimum Gasteiger partial charge on any atom is -0.502 e. The first-order valence-corrected chi connectivity index (χ1v) is 19.3. The van der Waals surface area contributed by atoms with E-state index in [1.54, 1.807) is 18.5 Å². The van der Waals surface area contributed by atoms with Crippen LogP contribution in [0.15, 0.2) is 42.5 Å². The molecule has 0 aromatic heterocycles. The standard InChI is InChI=1S/C21H27N2.C12H14FNO2.2ClH.Ru/c1-14-9-16(3)20(17(4)10-14)22-7-8-23(13-22)21-18(5)11-15(2)12-19(21)6;1-8(2)16-12(15)7-14-11-5-4-10(13)6-9(11)3;;;/h9-13H,7-8H2,1-6H3;3-6,8,14H,7H2,1-2H3;2*1H;/q-1;;;;+2/p-2. The van der Waals surface area contributed by atoms with E-state index in [1.807, 2.05) is 0 Å². The average Bonchev–Trinajstić information content (AvgIpc) is 3.31.